The van der Waals surface area contributed by atoms with Gasteiger partial charge in [-0.1, -0.05) is 32.9 Å². The SMILES string of the molecule is CC(C)(C)c1ccc(S(=O)(=O)Nc2ccc(S(=O)(=O)Nc3nccs3)cc2)cc1. The zero-order valence-corrected chi connectivity index (χ0v) is 18.5. The highest BCUT2D eigenvalue weighted by atomic mass is 32.2. The summed E-state index contributed by atoms with van der Waals surface area (Å²) in [7, 11) is -7.58. The topological polar surface area (TPSA) is 105 Å². The molecule has 154 valence electrons. The smallest absolute Gasteiger partial charge is 0.263 e. The summed E-state index contributed by atoms with van der Waals surface area (Å²) in [4.78, 5) is 4.02. The van der Waals surface area contributed by atoms with E-state index in [4.69, 9.17) is 0 Å². The molecule has 1 heterocycles. The molecule has 3 aromatic rings. The average molecular weight is 452 g/mol. The van der Waals surface area contributed by atoms with Crippen molar-refractivity contribution in [3.63, 3.8) is 0 Å². The van der Waals surface area contributed by atoms with Crippen LogP contribution in [0.25, 0.3) is 0 Å². The van der Waals surface area contributed by atoms with Crippen LogP contribution in [0, 0.1) is 0 Å². The zero-order chi connectivity index (χ0) is 21.3. The first-order valence-corrected chi connectivity index (χ1v) is 12.5. The van der Waals surface area contributed by atoms with Crippen LogP contribution in [0.4, 0.5) is 10.8 Å². The maximum atomic E-state index is 12.6. The quantitative estimate of drug-likeness (QED) is 0.588. The molecule has 0 saturated carbocycles. The second-order valence-corrected chi connectivity index (χ2v) is 11.6. The molecule has 10 heteroatoms. The van der Waals surface area contributed by atoms with Crippen LogP contribution in [0.2, 0.25) is 0 Å². The fourth-order valence-corrected chi connectivity index (χ4v) is 5.35. The van der Waals surface area contributed by atoms with Crippen molar-refractivity contribution in [2.75, 3.05) is 9.44 Å². The minimum absolute atomic E-state index is 0.00479. The summed E-state index contributed by atoms with van der Waals surface area (Å²) in [5, 5.41) is 1.91. The number of anilines is 2. The Kier molecular flexibility index (Phi) is 5.70. The van der Waals surface area contributed by atoms with Gasteiger partial charge in [0, 0.05) is 17.3 Å². The van der Waals surface area contributed by atoms with Crippen molar-refractivity contribution in [2.24, 2.45) is 0 Å². The molecule has 2 N–H and O–H groups in total. The predicted octanol–water partition coefficient (Wildman–Crippen LogP) is 4.04. The van der Waals surface area contributed by atoms with E-state index in [0.717, 1.165) is 16.9 Å². The molecule has 29 heavy (non-hydrogen) atoms. The van der Waals surface area contributed by atoms with E-state index in [2.05, 4.69) is 14.4 Å². The Morgan fingerprint density at radius 1 is 0.793 bits per heavy atom. The van der Waals surface area contributed by atoms with Crippen LogP contribution < -0.4 is 9.44 Å². The van der Waals surface area contributed by atoms with E-state index in [1.807, 2.05) is 20.8 Å². The van der Waals surface area contributed by atoms with Gasteiger partial charge in [-0.05, 0) is 47.4 Å². The molecule has 0 amide bonds. The summed E-state index contributed by atoms with van der Waals surface area (Å²) in [5.74, 6) is 0. The van der Waals surface area contributed by atoms with Gasteiger partial charge in [0.1, 0.15) is 0 Å². The van der Waals surface area contributed by atoms with Gasteiger partial charge in [0.15, 0.2) is 5.13 Å². The van der Waals surface area contributed by atoms with Gasteiger partial charge in [-0.2, -0.15) is 0 Å². The van der Waals surface area contributed by atoms with Gasteiger partial charge in [0.2, 0.25) is 0 Å². The molecule has 0 radical (unpaired) electrons. The normalized spacial score (nSPS) is 12.5. The number of sulfonamides is 2. The van der Waals surface area contributed by atoms with Gasteiger partial charge in [0.25, 0.3) is 20.0 Å². The molecule has 0 bridgehead atoms. The summed E-state index contributed by atoms with van der Waals surface area (Å²) in [6.45, 7) is 6.15. The molecule has 2 aromatic carbocycles. The maximum absolute atomic E-state index is 12.6. The van der Waals surface area contributed by atoms with E-state index in [1.165, 1.54) is 30.5 Å². The summed E-state index contributed by atoms with van der Waals surface area (Å²) >= 11 is 1.16. The van der Waals surface area contributed by atoms with Gasteiger partial charge < -0.3 is 0 Å². The van der Waals surface area contributed by atoms with Crippen LogP contribution >= 0.6 is 11.3 Å². The molecule has 0 fully saturated rings. The van der Waals surface area contributed by atoms with E-state index in [0.29, 0.717) is 0 Å². The van der Waals surface area contributed by atoms with Crippen LogP contribution in [-0.2, 0) is 25.5 Å². The Balaban J connectivity index is 1.76. The number of hydrogen-bond acceptors (Lipinski definition) is 6. The first kappa shape index (κ1) is 21.3. The Labute approximate surface area is 174 Å². The number of benzene rings is 2. The molecule has 0 aliphatic heterocycles. The van der Waals surface area contributed by atoms with Gasteiger partial charge >= 0.3 is 0 Å². The molecule has 1 aromatic heterocycles. The molecule has 7 nitrogen and oxygen atoms in total. The molecule has 0 aliphatic carbocycles. The fourth-order valence-electron chi connectivity index (χ4n) is 2.50. The Morgan fingerprint density at radius 2 is 1.31 bits per heavy atom. The van der Waals surface area contributed by atoms with E-state index >= 15 is 0 Å². The van der Waals surface area contributed by atoms with Crippen molar-refractivity contribution >= 4 is 42.2 Å². The highest BCUT2D eigenvalue weighted by Crippen LogP contribution is 2.25. The van der Waals surface area contributed by atoms with Crippen LogP contribution in [0.5, 0.6) is 0 Å². The lowest BCUT2D eigenvalue weighted by Gasteiger charge is -2.19. The van der Waals surface area contributed by atoms with Crippen molar-refractivity contribution in [3.8, 4) is 0 Å². The first-order valence-electron chi connectivity index (χ1n) is 8.63. The molecular weight excluding hydrogens is 430 g/mol. The summed E-state index contributed by atoms with van der Waals surface area (Å²) < 4.78 is 54.7. The second-order valence-electron chi connectivity index (χ2n) is 7.35. The third kappa shape index (κ3) is 5.14. The van der Waals surface area contributed by atoms with Gasteiger partial charge in [0.05, 0.1) is 9.79 Å². The largest absolute Gasteiger partial charge is 0.280 e. The Morgan fingerprint density at radius 3 is 1.79 bits per heavy atom. The van der Waals surface area contributed by atoms with Crippen LogP contribution in [0.15, 0.2) is 69.9 Å². The standard InChI is InChI=1S/C19H21N3O4S3/c1-19(2,3)14-4-8-16(9-5-14)28(23,24)21-15-6-10-17(11-7-15)29(25,26)22-18-20-12-13-27-18/h4-13,21H,1-3H3,(H,20,22). The van der Waals surface area contributed by atoms with E-state index in [-0.39, 0.29) is 26.0 Å². The van der Waals surface area contributed by atoms with Crippen LogP contribution in [-0.4, -0.2) is 21.8 Å². The third-order valence-electron chi connectivity index (χ3n) is 4.10. The average Bonchev–Trinajstić information content (AvgIpc) is 3.13. The highest BCUT2D eigenvalue weighted by Gasteiger charge is 2.19. The number of hydrogen-bond donors (Lipinski definition) is 2. The predicted molar refractivity (Wildman–Crippen MR) is 115 cm³/mol. The summed E-state index contributed by atoms with van der Waals surface area (Å²) in [6.07, 6.45) is 1.49. The number of rotatable bonds is 6. The Hall–Kier alpha value is -2.43. The molecule has 0 aliphatic rings. The molecule has 0 saturated heterocycles. The number of aromatic nitrogens is 1. The van der Waals surface area contributed by atoms with E-state index < -0.39 is 20.0 Å². The zero-order valence-electron chi connectivity index (χ0n) is 16.1. The molecule has 0 spiro atoms. The van der Waals surface area contributed by atoms with Gasteiger partial charge in [-0.3, -0.25) is 9.44 Å². The van der Waals surface area contributed by atoms with Crippen LogP contribution in [0.3, 0.4) is 0 Å². The molecular formula is C19H21N3O4S3. The summed E-state index contributed by atoms with van der Waals surface area (Å²) in [5.41, 5.74) is 1.21. The fraction of sp³-hybridized carbons (Fsp3) is 0.211. The van der Waals surface area contributed by atoms with Crippen molar-refractivity contribution in [1.29, 1.82) is 0 Å². The minimum atomic E-state index is -3.79. The van der Waals surface area contributed by atoms with Crippen molar-refractivity contribution in [1.82, 2.24) is 4.98 Å². The van der Waals surface area contributed by atoms with Crippen LogP contribution in [0.1, 0.15) is 26.3 Å². The van der Waals surface area contributed by atoms with Crippen molar-refractivity contribution < 1.29 is 16.8 Å². The number of thiazole rings is 1. The molecule has 0 atom stereocenters. The van der Waals surface area contributed by atoms with E-state index in [9.17, 15) is 16.8 Å². The van der Waals surface area contributed by atoms with Gasteiger partial charge in [-0.25, -0.2) is 21.8 Å². The van der Waals surface area contributed by atoms with Gasteiger partial charge in [-0.15, -0.1) is 11.3 Å². The van der Waals surface area contributed by atoms with Crippen molar-refractivity contribution in [2.45, 2.75) is 36.0 Å². The second kappa shape index (κ2) is 7.77. The molecule has 0 unspecified atom stereocenters. The highest BCUT2D eigenvalue weighted by molar-refractivity contribution is 7.93. The monoisotopic (exact) mass is 451 g/mol. The number of nitrogens with one attached hydrogen (secondary N) is 2. The number of nitrogens with zero attached hydrogens (tertiary/aromatic N) is 1. The Bertz CT molecular complexity index is 1180. The van der Waals surface area contributed by atoms with E-state index in [1.54, 1.807) is 29.6 Å². The lowest BCUT2D eigenvalue weighted by molar-refractivity contribution is 0.587. The molecule has 3 rings (SSSR count). The third-order valence-corrected chi connectivity index (χ3v) is 7.67. The minimum Gasteiger partial charge on any atom is -0.280 e. The maximum Gasteiger partial charge on any atom is 0.263 e. The lowest BCUT2D eigenvalue weighted by Crippen LogP contribution is -2.15. The summed E-state index contributed by atoms with van der Waals surface area (Å²) in [6, 6.07) is 12.1. The lowest BCUT2D eigenvalue weighted by atomic mass is 9.87. The van der Waals surface area contributed by atoms with Crippen molar-refractivity contribution in [3.05, 3.63) is 65.7 Å². The first-order chi connectivity index (χ1) is 13.5.